The fraction of sp³-hybridized carbons (Fsp3) is 0.190. The van der Waals surface area contributed by atoms with Gasteiger partial charge in [0.15, 0.2) is 0 Å². The fourth-order valence-corrected chi connectivity index (χ4v) is 2.89. The van der Waals surface area contributed by atoms with E-state index >= 15 is 0 Å². The number of rotatable bonds is 6. The second-order valence-electron chi connectivity index (χ2n) is 6.59. The highest BCUT2D eigenvalue weighted by atomic mass is 19.4. The highest BCUT2D eigenvalue weighted by Gasteiger charge is 2.30. The van der Waals surface area contributed by atoms with Crippen molar-refractivity contribution in [3.8, 4) is 34.3 Å². The zero-order valence-electron chi connectivity index (χ0n) is 16.6. The molecule has 0 fully saturated rings. The van der Waals surface area contributed by atoms with E-state index in [0.717, 1.165) is 17.7 Å². The molecule has 10 heteroatoms. The third kappa shape index (κ3) is 4.37. The number of aromatic nitrogens is 4. The van der Waals surface area contributed by atoms with E-state index in [9.17, 15) is 13.2 Å². The molecule has 0 unspecified atom stereocenters. The van der Waals surface area contributed by atoms with Crippen molar-refractivity contribution in [2.45, 2.75) is 12.8 Å². The molecule has 2 aromatic heterocycles. The van der Waals surface area contributed by atoms with Gasteiger partial charge in [0.25, 0.3) is 5.89 Å². The average molecular weight is 430 g/mol. The van der Waals surface area contributed by atoms with E-state index in [0.29, 0.717) is 28.6 Å². The van der Waals surface area contributed by atoms with Crippen LogP contribution >= 0.6 is 0 Å². The molecule has 0 aliphatic carbocycles. The Morgan fingerprint density at radius 2 is 1.68 bits per heavy atom. The van der Waals surface area contributed by atoms with E-state index in [1.807, 2.05) is 12.1 Å². The lowest BCUT2D eigenvalue weighted by atomic mass is 10.2. The molecule has 0 N–H and O–H groups in total. The molecule has 31 heavy (non-hydrogen) atoms. The van der Waals surface area contributed by atoms with Gasteiger partial charge in [-0.1, -0.05) is 5.16 Å². The van der Waals surface area contributed by atoms with Crippen LogP contribution in [0.4, 0.5) is 13.2 Å². The van der Waals surface area contributed by atoms with Crippen LogP contribution in [0.3, 0.4) is 0 Å². The van der Waals surface area contributed by atoms with Crippen molar-refractivity contribution in [2.24, 2.45) is 7.05 Å². The topological polar surface area (TPSA) is 75.2 Å². The number of ether oxygens (including phenoxy) is 2. The monoisotopic (exact) mass is 430 g/mol. The van der Waals surface area contributed by atoms with Gasteiger partial charge in [0.2, 0.25) is 5.82 Å². The van der Waals surface area contributed by atoms with Crippen LogP contribution in [0.15, 0.2) is 59.3 Å². The molecule has 4 rings (SSSR count). The number of methoxy groups -OCH3 is 1. The predicted molar refractivity (Wildman–Crippen MR) is 104 cm³/mol. The standard InChI is InChI=1S/C21H17F3N4O3/c1-28-18(12-30-16-9-5-14(6-10-16)21(22,23)24)17(11-25-28)20-26-19(27-31-20)13-3-7-15(29-2)8-4-13/h3-11H,12H2,1-2H3. The van der Waals surface area contributed by atoms with Gasteiger partial charge >= 0.3 is 6.18 Å². The molecule has 2 heterocycles. The molecular weight excluding hydrogens is 413 g/mol. The SMILES string of the molecule is COc1ccc(-c2noc(-c3cnn(C)c3COc3ccc(C(F)(F)F)cc3)n2)cc1. The van der Waals surface area contributed by atoms with Gasteiger partial charge in [0.05, 0.1) is 30.1 Å². The van der Waals surface area contributed by atoms with Crippen LogP contribution < -0.4 is 9.47 Å². The first-order valence-corrected chi connectivity index (χ1v) is 9.14. The Labute approximate surface area is 175 Å². The van der Waals surface area contributed by atoms with Crippen molar-refractivity contribution >= 4 is 0 Å². The van der Waals surface area contributed by atoms with Gasteiger partial charge in [-0.05, 0) is 48.5 Å². The Morgan fingerprint density at radius 1 is 1.00 bits per heavy atom. The number of nitrogens with zero attached hydrogens (tertiary/aromatic N) is 4. The lowest BCUT2D eigenvalue weighted by Crippen LogP contribution is -2.06. The minimum Gasteiger partial charge on any atom is -0.497 e. The summed E-state index contributed by atoms with van der Waals surface area (Å²) < 4.78 is 55.9. The molecule has 0 radical (unpaired) electrons. The lowest BCUT2D eigenvalue weighted by Gasteiger charge is -2.10. The van der Waals surface area contributed by atoms with Crippen LogP contribution in [0, 0.1) is 0 Å². The molecule has 2 aromatic carbocycles. The van der Waals surface area contributed by atoms with Crippen LogP contribution in [0.1, 0.15) is 11.3 Å². The summed E-state index contributed by atoms with van der Waals surface area (Å²) >= 11 is 0. The van der Waals surface area contributed by atoms with Crippen molar-refractivity contribution in [3.63, 3.8) is 0 Å². The van der Waals surface area contributed by atoms with E-state index in [-0.39, 0.29) is 12.5 Å². The van der Waals surface area contributed by atoms with Crippen LogP contribution in [-0.4, -0.2) is 27.0 Å². The summed E-state index contributed by atoms with van der Waals surface area (Å²) in [5.74, 6) is 1.66. The molecular formula is C21H17F3N4O3. The first-order chi connectivity index (χ1) is 14.8. The normalized spacial score (nSPS) is 11.5. The molecule has 0 atom stereocenters. The van der Waals surface area contributed by atoms with Crippen molar-refractivity contribution < 1.29 is 27.2 Å². The van der Waals surface area contributed by atoms with E-state index in [1.54, 1.807) is 37.2 Å². The quantitative estimate of drug-likeness (QED) is 0.440. The first kappa shape index (κ1) is 20.5. The van der Waals surface area contributed by atoms with Gasteiger partial charge in [0.1, 0.15) is 18.1 Å². The number of aryl methyl sites for hydroxylation is 1. The van der Waals surface area contributed by atoms with Crippen LogP contribution in [-0.2, 0) is 19.8 Å². The number of alkyl halides is 3. The Hall–Kier alpha value is -3.82. The summed E-state index contributed by atoms with van der Waals surface area (Å²) in [6.07, 6.45) is -2.83. The van der Waals surface area contributed by atoms with Gasteiger partial charge in [0, 0.05) is 12.6 Å². The Balaban J connectivity index is 1.52. The lowest BCUT2D eigenvalue weighted by molar-refractivity contribution is -0.137. The average Bonchev–Trinajstić information content (AvgIpc) is 3.39. The second kappa shape index (κ2) is 8.13. The van der Waals surface area contributed by atoms with E-state index < -0.39 is 11.7 Å². The highest BCUT2D eigenvalue weighted by Crippen LogP contribution is 2.31. The molecule has 160 valence electrons. The summed E-state index contributed by atoms with van der Waals surface area (Å²) in [6, 6.07) is 11.7. The van der Waals surface area contributed by atoms with Crippen molar-refractivity contribution in [3.05, 3.63) is 66.0 Å². The van der Waals surface area contributed by atoms with E-state index in [1.165, 1.54) is 12.1 Å². The molecule has 0 saturated carbocycles. The summed E-state index contributed by atoms with van der Waals surface area (Å²) in [6.45, 7) is 0.0530. The zero-order chi connectivity index (χ0) is 22.0. The van der Waals surface area contributed by atoms with Gasteiger partial charge in [-0.25, -0.2) is 0 Å². The van der Waals surface area contributed by atoms with Gasteiger partial charge in [-0.3, -0.25) is 4.68 Å². The molecule has 0 aliphatic rings. The summed E-state index contributed by atoms with van der Waals surface area (Å²) in [7, 11) is 3.30. The molecule has 0 saturated heterocycles. The summed E-state index contributed by atoms with van der Waals surface area (Å²) in [5, 5.41) is 8.21. The Bertz CT molecular complexity index is 1170. The zero-order valence-corrected chi connectivity index (χ0v) is 16.6. The maximum atomic E-state index is 12.7. The van der Waals surface area contributed by atoms with Crippen molar-refractivity contribution in [1.29, 1.82) is 0 Å². The maximum Gasteiger partial charge on any atom is 0.416 e. The molecule has 4 aromatic rings. The third-order valence-corrected chi connectivity index (χ3v) is 4.62. The molecule has 0 spiro atoms. The number of hydrogen-bond donors (Lipinski definition) is 0. The van der Waals surface area contributed by atoms with Gasteiger partial charge in [-0.2, -0.15) is 23.3 Å². The van der Waals surface area contributed by atoms with Gasteiger partial charge < -0.3 is 14.0 Å². The first-order valence-electron chi connectivity index (χ1n) is 9.14. The van der Waals surface area contributed by atoms with Crippen LogP contribution in [0.2, 0.25) is 0 Å². The largest absolute Gasteiger partial charge is 0.497 e. The van der Waals surface area contributed by atoms with E-state index in [4.69, 9.17) is 14.0 Å². The second-order valence-corrected chi connectivity index (χ2v) is 6.59. The van der Waals surface area contributed by atoms with Crippen LogP contribution in [0.5, 0.6) is 11.5 Å². The summed E-state index contributed by atoms with van der Waals surface area (Å²) in [4.78, 5) is 4.42. The molecule has 0 bridgehead atoms. The number of hydrogen-bond acceptors (Lipinski definition) is 6. The fourth-order valence-electron chi connectivity index (χ4n) is 2.89. The summed E-state index contributed by atoms with van der Waals surface area (Å²) in [5.41, 5.74) is 1.21. The molecule has 0 aliphatic heterocycles. The predicted octanol–water partition coefficient (Wildman–Crippen LogP) is 4.74. The Kier molecular flexibility index (Phi) is 5.37. The van der Waals surface area contributed by atoms with E-state index in [2.05, 4.69) is 15.2 Å². The minimum atomic E-state index is -4.40. The van der Waals surface area contributed by atoms with Crippen molar-refractivity contribution in [1.82, 2.24) is 19.9 Å². The molecule has 0 amide bonds. The smallest absolute Gasteiger partial charge is 0.416 e. The third-order valence-electron chi connectivity index (χ3n) is 4.62. The van der Waals surface area contributed by atoms with Gasteiger partial charge in [-0.15, -0.1) is 0 Å². The number of halogens is 3. The molecule has 7 nitrogen and oxygen atoms in total. The number of benzene rings is 2. The Morgan fingerprint density at radius 3 is 2.32 bits per heavy atom. The maximum absolute atomic E-state index is 12.7. The highest BCUT2D eigenvalue weighted by molar-refractivity contribution is 5.61. The minimum absolute atomic E-state index is 0.0530. The van der Waals surface area contributed by atoms with Crippen LogP contribution in [0.25, 0.3) is 22.8 Å². The van der Waals surface area contributed by atoms with Crippen molar-refractivity contribution in [2.75, 3.05) is 7.11 Å².